The first-order valence-electron chi connectivity index (χ1n) is 18.9. The van der Waals surface area contributed by atoms with Crippen LogP contribution >= 0.6 is 0 Å². The SMILES string of the molecule is C=C/C=C\C(=C/C)Cc1ccc(N(c2ccccc2)c2c3ccccc3c(N(c3ccccc3)c3ccc(Cc4cccnc4)cc3)c3ccccc23)cc1. The predicted molar refractivity (Wildman–Crippen MR) is 235 cm³/mol. The molecule has 0 amide bonds. The molecule has 0 spiro atoms. The summed E-state index contributed by atoms with van der Waals surface area (Å²) in [6.07, 6.45) is 13.6. The average molecular weight is 710 g/mol. The Balaban J connectivity index is 1.32. The van der Waals surface area contributed by atoms with Crippen LogP contribution in [0.25, 0.3) is 21.5 Å². The third-order valence-electron chi connectivity index (χ3n) is 10.1. The molecule has 7 aromatic carbocycles. The van der Waals surface area contributed by atoms with Crippen LogP contribution in [-0.2, 0) is 12.8 Å². The van der Waals surface area contributed by atoms with Gasteiger partial charge in [-0.1, -0.05) is 146 Å². The van der Waals surface area contributed by atoms with E-state index in [4.69, 9.17) is 0 Å². The minimum Gasteiger partial charge on any atom is -0.309 e. The Hall–Kier alpha value is -6.97. The van der Waals surface area contributed by atoms with E-state index in [2.05, 4.69) is 204 Å². The van der Waals surface area contributed by atoms with Crippen molar-refractivity contribution in [2.45, 2.75) is 19.8 Å². The van der Waals surface area contributed by atoms with Crippen molar-refractivity contribution < 1.29 is 0 Å². The molecule has 3 heteroatoms. The zero-order chi connectivity index (χ0) is 37.4. The van der Waals surface area contributed by atoms with Gasteiger partial charge >= 0.3 is 0 Å². The van der Waals surface area contributed by atoms with Gasteiger partial charge in [-0.05, 0) is 96.6 Å². The highest BCUT2D eigenvalue weighted by atomic mass is 15.2. The molecule has 8 rings (SSSR count). The van der Waals surface area contributed by atoms with E-state index in [1.807, 2.05) is 30.6 Å². The lowest BCUT2D eigenvalue weighted by molar-refractivity contribution is 1.14. The van der Waals surface area contributed by atoms with Crippen LogP contribution in [0.2, 0.25) is 0 Å². The molecule has 0 N–H and O–H groups in total. The standard InChI is InChI=1S/C52H43N3/c1-3-5-17-39(4-2)36-40-27-31-45(32-28-40)54(43-19-8-6-9-20-43)51-47-23-12-14-25-49(47)52(50-26-15-13-24-48(50)51)55(44-21-10-7-11-22-44)46-33-29-41(30-34-46)37-42-18-16-35-53-38-42/h3-35,38H,1,36-37H2,2H3/b17-5-,39-4+. The van der Waals surface area contributed by atoms with Gasteiger partial charge in [-0.25, -0.2) is 0 Å². The van der Waals surface area contributed by atoms with Crippen LogP contribution in [0.3, 0.4) is 0 Å². The molecule has 55 heavy (non-hydrogen) atoms. The van der Waals surface area contributed by atoms with Crippen molar-refractivity contribution >= 4 is 55.7 Å². The van der Waals surface area contributed by atoms with Crippen molar-refractivity contribution in [1.29, 1.82) is 0 Å². The second-order valence-corrected chi connectivity index (χ2v) is 13.6. The molecule has 1 heterocycles. The average Bonchev–Trinajstić information content (AvgIpc) is 3.25. The normalized spacial score (nSPS) is 11.6. The smallest absolute Gasteiger partial charge is 0.0619 e. The maximum Gasteiger partial charge on any atom is 0.0619 e. The molecule has 0 aliphatic heterocycles. The van der Waals surface area contributed by atoms with Crippen molar-refractivity contribution in [2.75, 3.05) is 9.80 Å². The van der Waals surface area contributed by atoms with Crippen molar-refractivity contribution in [1.82, 2.24) is 4.98 Å². The van der Waals surface area contributed by atoms with E-state index >= 15 is 0 Å². The van der Waals surface area contributed by atoms with Crippen molar-refractivity contribution in [2.24, 2.45) is 0 Å². The Morgan fingerprint density at radius 2 is 0.964 bits per heavy atom. The van der Waals surface area contributed by atoms with E-state index in [1.54, 1.807) is 0 Å². The summed E-state index contributed by atoms with van der Waals surface area (Å²) in [5, 5.41) is 4.68. The first-order valence-corrected chi connectivity index (χ1v) is 18.9. The van der Waals surface area contributed by atoms with Crippen LogP contribution in [-0.4, -0.2) is 4.98 Å². The number of para-hydroxylation sites is 2. The molecule has 0 saturated carbocycles. The molecule has 0 bridgehead atoms. The number of pyridine rings is 1. The number of fused-ring (bicyclic) bond motifs is 2. The Morgan fingerprint density at radius 1 is 0.509 bits per heavy atom. The molecule has 266 valence electrons. The Bertz CT molecular complexity index is 2530. The Morgan fingerprint density at radius 3 is 1.40 bits per heavy atom. The molecule has 0 aliphatic carbocycles. The number of benzene rings is 7. The summed E-state index contributed by atoms with van der Waals surface area (Å²) in [5.74, 6) is 0. The van der Waals surface area contributed by atoms with Gasteiger partial charge in [-0.2, -0.15) is 0 Å². The number of anilines is 6. The molecule has 3 nitrogen and oxygen atoms in total. The van der Waals surface area contributed by atoms with E-state index in [-0.39, 0.29) is 0 Å². The third kappa shape index (κ3) is 7.46. The highest BCUT2D eigenvalue weighted by molar-refractivity contribution is 6.23. The van der Waals surface area contributed by atoms with Gasteiger partial charge in [0.2, 0.25) is 0 Å². The molecule has 0 saturated heterocycles. The fraction of sp³-hybridized carbons (Fsp3) is 0.0577. The van der Waals surface area contributed by atoms with E-state index in [1.165, 1.54) is 43.8 Å². The van der Waals surface area contributed by atoms with Gasteiger partial charge in [-0.3, -0.25) is 4.98 Å². The number of nitrogens with zero attached hydrogens (tertiary/aromatic N) is 3. The van der Waals surface area contributed by atoms with Gasteiger partial charge in [0.15, 0.2) is 0 Å². The van der Waals surface area contributed by atoms with Crippen molar-refractivity contribution in [3.05, 3.63) is 235 Å². The van der Waals surface area contributed by atoms with Gasteiger partial charge in [0.25, 0.3) is 0 Å². The molecular weight excluding hydrogens is 667 g/mol. The second-order valence-electron chi connectivity index (χ2n) is 13.6. The Labute approximate surface area is 324 Å². The maximum absolute atomic E-state index is 4.33. The van der Waals surface area contributed by atoms with Gasteiger partial charge < -0.3 is 9.80 Å². The highest BCUT2D eigenvalue weighted by Crippen LogP contribution is 2.50. The summed E-state index contributed by atoms with van der Waals surface area (Å²) in [5.41, 5.74) is 11.7. The number of hydrogen-bond donors (Lipinski definition) is 0. The number of rotatable bonds is 12. The van der Waals surface area contributed by atoms with Crippen LogP contribution < -0.4 is 9.80 Å². The molecule has 0 atom stereocenters. The van der Waals surface area contributed by atoms with E-state index in [9.17, 15) is 0 Å². The number of hydrogen-bond acceptors (Lipinski definition) is 3. The summed E-state index contributed by atoms with van der Waals surface area (Å²) in [4.78, 5) is 9.17. The van der Waals surface area contributed by atoms with Crippen molar-refractivity contribution in [3.8, 4) is 0 Å². The largest absolute Gasteiger partial charge is 0.309 e. The number of allylic oxidation sites excluding steroid dienone is 5. The first-order chi connectivity index (χ1) is 27.2. The van der Waals surface area contributed by atoms with E-state index < -0.39 is 0 Å². The van der Waals surface area contributed by atoms with Crippen molar-refractivity contribution in [3.63, 3.8) is 0 Å². The van der Waals surface area contributed by atoms with Gasteiger partial charge in [0.1, 0.15) is 0 Å². The Kier molecular flexibility index (Phi) is 10.4. The van der Waals surface area contributed by atoms with Crippen LogP contribution in [0, 0.1) is 0 Å². The van der Waals surface area contributed by atoms with Crippen LogP contribution in [0.4, 0.5) is 34.1 Å². The first kappa shape index (κ1) is 35.1. The lowest BCUT2D eigenvalue weighted by Gasteiger charge is -2.33. The minimum absolute atomic E-state index is 0.832. The summed E-state index contributed by atoms with van der Waals surface area (Å²) in [7, 11) is 0. The monoisotopic (exact) mass is 709 g/mol. The molecule has 8 aromatic rings. The highest BCUT2D eigenvalue weighted by Gasteiger charge is 2.25. The topological polar surface area (TPSA) is 19.4 Å². The molecule has 0 radical (unpaired) electrons. The fourth-order valence-corrected chi connectivity index (χ4v) is 7.48. The van der Waals surface area contributed by atoms with Crippen LogP contribution in [0.1, 0.15) is 23.6 Å². The molecule has 0 fully saturated rings. The lowest BCUT2D eigenvalue weighted by Crippen LogP contribution is -2.14. The van der Waals surface area contributed by atoms with Gasteiger partial charge in [-0.15, -0.1) is 0 Å². The molecule has 0 aliphatic rings. The zero-order valence-corrected chi connectivity index (χ0v) is 31.1. The molecule has 1 aromatic heterocycles. The minimum atomic E-state index is 0.832. The summed E-state index contributed by atoms with van der Waals surface area (Å²) >= 11 is 0. The lowest BCUT2D eigenvalue weighted by atomic mass is 9.95. The number of aromatic nitrogens is 1. The van der Waals surface area contributed by atoms with Crippen LogP contribution in [0.15, 0.2) is 219 Å². The maximum atomic E-state index is 4.33. The van der Waals surface area contributed by atoms with E-state index in [0.717, 1.165) is 47.0 Å². The predicted octanol–water partition coefficient (Wildman–Crippen LogP) is 14.1. The van der Waals surface area contributed by atoms with Gasteiger partial charge in [0, 0.05) is 56.7 Å². The fourth-order valence-electron chi connectivity index (χ4n) is 7.48. The zero-order valence-electron chi connectivity index (χ0n) is 31.1. The second kappa shape index (κ2) is 16.4. The molecular formula is C52H43N3. The van der Waals surface area contributed by atoms with Gasteiger partial charge in [0.05, 0.1) is 11.4 Å². The van der Waals surface area contributed by atoms with E-state index in [0.29, 0.717) is 0 Å². The van der Waals surface area contributed by atoms with Crippen LogP contribution in [0.5, 0.6) is 0 Å². The summed E-state index contributed by atoms with van der Waals surface area (Å²) in [6.45, 7) is 5.93. The third-order valence-corrected chi connectivity index (χ3v) is 10.1. The quantitative estimate of drug-likeness (QED) is 0.0715. The molecule has 0 unspecified atom stereocenters. The summed E-state index contributed by atoms with van der Waals surface area (Å²) in [6, 6.07) is 61.3. The summed E-state index contributed by atoms with van der Waals surface area (Å²) < 4.78 is 0.